The predicted octanol–water partition coefficient (Wildman–Crippen LogP) is 3.21. The number of ether oxygens (including phenoxy) is 2. The fourth-order valence-electron chi connectivity index (χ4n) is 2.53. The summed E-state index contributed by atoms with van der Waals surface area (Å²) in [4.78, 5) is 12.2. The van der Waals surface area contributed by atoms with Crippen LogP contribution in [0.1, 0.15) is 6.42 Å². The van der Waals surface area contributed by atoms with Crippen molar-refractivity contribution < 1.29 is 27.1 Å². The molecule has 0 unspecified atom stereocenters. The number of methoxy groups -OCH3 is 2. The van der Waals surface area contributed by atoms with Gasteiger partial charge in [0, 0.05) is 11.4 Å². The standard InChI is InChI=1S/C19H18ClN3O6S/c1-27-13-5-8-16(28-2)15(11-13)18-22-23-19(29-18)21-17(24)9-10-30(25,26)14-6-3-12(20)4-7-14/h3-8,11H,9-10H2,1-2H3,(H,21,23,24). The van der Waals surface area contributed by atoms with Crippen molar-refractivity contribution >= 4 is 33.4 Å². The maximum atomic E-state index is 12.3. The Balaban J connectivity index is 1.66. The van der Waals surface area contributed by atoms with Crippen molar-refractivity contribution in [3.63, 3.8) is 0 Å². The smallest absolute Gasteiger partial charge is 0.322 e. The minimum Gasteiger partial charge on any atom is -0.497 e. The van der Waals surface area contributed by atoms with E-state index in [2.05, 4.69) is 15.5 Å². The van der Waals surface area contributed by atoms with Gasteiger partial charge in [0.25, 0.3) is 5.89 Å². The molecule has 0 aliphatic carbocycles. The van der Waals surface area contributed by atoms with Crippen LogP contribution >= 0.6 is 11.6 Å². The second-order valence-electron chi connectivity index (χ2n) is 6.05. The molecule has 3 aromatic rings. The van der Waals surface area contributed by atoms with Gasteiger partial charge < -0.3 is 13.9 Å². The number of sulfone groups is 1. The summed E-state index contributed by atoms with van der Waals surface area (Å²) in [5, 5.41) is 10.5. The molecule has 0 saturated heterocycles. The van der Waals surface area contributed by atoms with E-state index in [0.717, 1.165) is 0 Å². The van der Waals surface area contributed by atoms with Gasteiger partial charge in [-0.25, -0.2) is 8.42 Å². The molecule has 158 valence electrons. The minimum atomic E-state index is -3.64. The molecule has 3 rings (SSSR count). The molecular formula is C19H18ClN3O6S. The number of halogens is 1. The Bertz CT molecular complexity index is 1150. The summed E-state index contributed by atoms with van der Waals surface area (Å²) >= 11 is 5.76. The summed E-state index contributed by atoms with van der Waals surface area (Å²) in [7, 11) is -0.627. The molecule has 0 radical (unpaired) electrons. The first kappa shape index (κ1) is 21.6. The van der Waals surface area contributed by atoms with E-state index in [1.165, 1.54) is 38.5 Å². The summed E-state index contributed by atoms with van der Waals surface area (Å²) < 4.78 is 40.5. The van der Waals surface area contributed by atoms with E-state index < -0.39 is 15.7 Å². The van der Waals surface area contributed by atoms with Crippen LogP contribution in [0.25, 0.3) is 11.5 Å². The Kier molecular flexibility index (Phi) is 6.58. The fraction of sp³-hybridized carbons (Fsp3) is 0.211. The number of rotatable bonds is 8. The minimum absolute atomic E-state index is 0.0879. The summed E-state index contributed by atoms with van der Waals surface area (Å²) in [5.74, 6) is 0.175. The van der Waals surface area contributed by atoms with E-state index in [1.54, 1.807) is 18.2 Å². The monoisotopic (exact) mass is 451 g/mol. The maximum Gasteiger partial charge on any atom is 0.322 e. The van der Waals surface area contributed by atoms with E-state index in [4.69, 9.17) is 25.5 Å². The zero-order valence-electron chi connectivity index (χ0n) is 16.1. The average Bonchev–Trinajstić information content (AvgIpc) is 3.20. The molecule has 0 spiro atoms. The third-order valence-corrected chi connectivity index (χ3v) is 6.06. The lowest BCUT2D eigenvalue weighted by molar-refractivity contribution is -0.115. The van der Waals surface area contributed by atoms with E-state index in [-0.39, 0.29) is 29.0 Å². The van der Waals surface area contributed by atoms with Crippen LogP contribution in [0.15, 0.2) is 51.8 Å². The molecule has 1 amide bonds. The van der Waals surface area contributed by atoms with Gasteiger partial charge in [-0.1, -0.05) is 16.7 Å². The summed E-state index contributed by atoms with van der Waals surface area (Å²) in [6, 6.07) is 10.6. The number of nitrogens with one attached hydrogen (secondary N) is 1. The summed E-state index contributed by atoms with van der Waals surface area (Å²) in [5.41, 5.74) is 0.482. The van der Waals surface area contributed by atoms with Gasteiger partial charge in [0.1, 0.15) is 11.5 Å². The number of anilines is 1. The van der Waals surface area contributed by atoms with Crippen LogP contribution in [0.4, 0.5) is 6.01 Å². The maximum absolute atomic E-state index is 12.3. The zero-order valence-corrected chi connectivity index (χ0v) is 17.7. The Morgan fingerprint density at radius 1 is 1.10 bits per heavy atom. The molecule has 1 heterocycles. The van der Waals surface area contributed by atoms with Crippen molar-refractivity contribution in [2.75, 3.05) is 25.3 Å². The Morgan fingerprint density at radius 3 is 2.50 bits per heavy atom. The quantitative estimate of drug-likeness (QED) is 0.554. The van der Waals surface area contributed by atoms with Crippen molar-refractivity contribution in [1.82, 2.24) is 10.2 Å². The van der Waals surface area contributed by atoms with Crippen LogP contribution in [0, 0.1) is 0 Å². The van der Waals surface area contributed by atoms with Gasteiger partial charge in [0.2, 0.25) is 5.91 Å². The second kappa shape index (κ2) is 9.14. The van der Waals surface area contributed by atoms with Gasteiger partial charge in [0.15, 0.2) is 9.84 Å². The van der Waals surface area contributed by atoms with Crippen LogP contribution in [-0.2, 0) is 14.6 Å². The molecule has 0 saturated carbocycles. The number of benzene rings is 2. The average molecular weight is 452 g/mol. The number of hydrogen-bond acceptors (Lipinski definition) is 8. The molecule has 1 aromatic heterocycles. The van der Waals surface area contributed by atoms with Crippen molar-refractivity contribution in [1.29, 1.82) is 0 Å². The molecule has 30 heavy (non-hydrogen) atoms. The van der Waals surface area contributed by atoms with E-state index >= 15 is 0 Å². The lowest BCUT2D eigenvalue weighted by atomic mass is 10.2. The predicted molar refractivity (Wildman–Crippen MR) is 110 cm³/mol. The number of nitrogens with zero attached hydrogens (tertiary/aromatic N) is 2. The molecule has 0 aliphatic heterocycles. The topological polar surface area (TPSA) is 121 Å². The zero-order chi connectivity index (χ0) is 21.7. The van der Waals surface area contributed by atoms with Crippen molar-refractivity contribution in [3.8, 4) is 23.0 Å². The summed E-state index contributed by atoms with van der Waals surface area (Å²) in [6.45, 7) is 0. The Labute approximate surface area is 177 Å². The molecule has 11 heteroatoms. The van der Waals surface area contributed by atoms with Gasteiger partial charge in [0.05, 0.1) is 30.4 Å². The van der Waals surface area contributed by atoms with Crippen molar-refractivity contribution in [2.45, 2.75) is 11.3 Å². The van der Waals surface area contributed by atoms with Crippen LogP contribution in [-0.4, -0.2) is 44.5 Å². The van der Waals surface area contributed by atoms with E-state index in [1.807, 2.05) is 0 Å². The molecule has 1 N–H and O–H groups in total. The van der Waals surface area contributed by atoms with Gasteiger partial charge in [-0.05, 0) is 42.5 Å². The van der Waals surface area contributed by atoms with E-state index in [9.17, 15) is 13.2 Å². The van der Waals surface area contributed by atoms with Gasteiger partial charge >= 0.3 is 6.01 Å². The SMILES string of the molecule is COc1ccc(OC)c(-c2nnc(NC(=O)CCS(=O)(=O)c3ccc(Cl)cc3)o2)c1. The van der Waals surface area contributed by atoms with E-state index in [0.29, 0.717) is 22.1 Å². The second-order valence-corrected chi connectivity index (χ2v) is 8.60. The number of hydrogen-bond donors (Lipinski definition) is 1. The third kappa shape index (κ3) is 5.08. The fourth-order valence-corrected chi connectivity index (χ4v) is 3.90. The highest BCUT2D eigenvalue weighted by atomic mass is 35.5. The lowest BCUT2D eigenvalue weighted by Gasteiger charge is -2.07. The number of amides is 1. The lowest BCUT2D eigenvalue weighted by Crippen LogP contribution is -2.17. The number of aromatic nitrogens is 2. The van der Waals surface area contributed by atoms with Crippen molar-refractivity contribution in [3.05, 3.63) is 47.5 Å². The molecule has 9 nitrogen and oxygen atoms in total. The molecular weight excluding hydrogens is 434 g/mol. The van der Waals surface area contributed by atoms with Crippen LogP contribution in [0.5, 0.6) is 11.5 Å². The van der Waals surface area contributed by atoms with Gasteiger partial charge in [-0.2, -0.15) is 0 Å². The molecule has 0 bridgehead atoms. The molecule has 0 fully saturated rings. The number of carbonyl (C=O) groups is 1. The first-order valence-electron chi connectivity index (χ1n) is 8.66. The summed E-state index contributed by atoms with van der Waals surface area (Å²) in [6.07, 6.45) is -0.287. The first-order valence-corrected chi connectivity index (χ1v) is 10.7. The highest BCUT2D eigenvalue weighted by molar-refractivity contribution is 7.91. The highest BCUT2D eigenvalue weighted by Gasteiger charge is 2.19. The van der Waals surface area contributed by atoms with Crippen LogP contribution in [0.3, 0.4) is 0 Å². The van der Waals surface area contributed by atoms with Gasteiger partial charge in [-0.3, -0.25) is 10.1 Å². The molecule has 0 aliphatic rings. The van der Waals surface area contributed by atoms with Crippen LogP contribution < -0.4 is 14.8 Å². The molecule has 0 atom stereocenters. The van der Waals surface area contributed by atoms with Crippen LogP contribution in [0.2, 0.25) is 5.02 Å². The van der Waals surface area contributed by atoms with Gasteiger partial charge in [-0.15, -0.1) is 5.10 Å². The normalized spacial score (nSPS) is 11.2. The molecule has 2 aromatic carbocycles. The Hall–Kier alpha value is -3.11. The highest BCUT2D eigenvalue weighted by Crippen LogP contribution is 2.33. The van der Waals surface area contributed by atoms with Crippen molar-refractivity contribution in [2.24, 2.45) is 0 Å². The largest absolute Gasteiger partial charge is 0.497 e. The number of carbonyl (C=O) groups excluding carboxylic acids is 1. The Morgan fingerprint density at radius 2 is 1.83 bits per heavy atom. The first-order chi connectivity index (χ1) is 14.3. The third-order valence-electron chi connectivity index (χ3n) is 4.08.